The van der Waals surface area contributed by atoms with Gasteiger partial charge in [0.05, 0.1) is 11.3 Å². The number of halogens is 1. The van der Waals surface area contributed by atoms with Gasteiger partial charge >= 0.3 is 176 Å². The number of alkyl halides is 2. The van der Waals surface area contributed by atoms with E-state index in [0.29, 0.717) is 41.5 Å². The summed E-state index contributed by atoms with van der Waals surface area (Å²) in [4.78, 5) is 24.6. The number of amides is 1. The molecule has 0 saturated carbocycles. The van der Waals surface area contributed by atoms with Crippen LogP contribution in [0.5, 0.6) is 5.75 Å². The van der Waals surface area contributed by atoms with Crippen molar-refractivity contribution in [2.24, 2.45) is 10.1 Å². The number of para-hydroxylation sites is 1. The number of aromatic nitrogens is 3. The first-order chi connectivity index (χ1) is 19.9. The fourth-order valence-electron chi connectivity index (χ4n) is 5.14. The predicted octanol–water partition coefficient (Wildman–Crippen LogP) is 3.68. The minimum atomic E-state index is -3.88. The molecule has 0 unspecified atom stereocenters. The van der Waals surface area contributed by atoms with Crippen molar-refractivity contribution in [1.29, 1.82) is 0 Å². The molecule has 5 heterocycles. The van der Waals surface area contributed by atoms with E-state index in [2.05, 4.69) is 32.3 Å². The van der Waals surface area contributed by atoms with Crippen molar-refractivity contribution in [3.05, 3.63) is 87.6 Å². The molecular formula is C28H26IN7O4S. The van der Waals surface area contributed by atoms with Crippen LogP contribution in [0.15, 0.2) is 77.3 Å². The Kier molecular flexibility index (Phi) is 6.42. The minimum absolute atomic E-state index is 0.0847. The number of anilines is 1. The summed E-state index contributed by atoms with van der Waals surface area (Å²) in [6.07, 6.45) is 6.63. The molecule has 13 heteroatoms. The molecule has 2 aromatic carbocycles. The quantitative estimate of drug-likeness (QED) is 0.186. The van der Waals surface area contributed by atoms with Crippen LogP contribution in [0.1, 0.15) is 28.8 Å². The number of carbonyl (C=O) groups is 1. The molecular weight excluding hydrogens is 657 g/mol. The zero-order chi connectivity index (χ0) is 28.1. The van der Waals surface area contributed by atoms with Crippen LogP contribution in [0.25, 0.3) is 16.9 Å². The molecule has 3 aliphatic heterocycles. The Morgan fingerprint density at radius 3 is 2.83 bits per heavy atom. The van der Waals surface area contributed by atoms with Crippen LogP contribution in [0.2, 0.25) is 0 Å². The molecule has 210 valence electrons. The van der Waals surface area contributed by atoms with Gasteiger partial charge in [0.15, 0.2) is 5.84 Å². The summed E-state index contributed by atoms with van der Waals surface area (Å²) in [6.45, 7) is 1.03. The number of benzene rings is 2. The second-order valence-corrected chi connectivity index (χ2v) is 17.2. The van der Waals surface area contributed by atoms with E-state index in [9.17, 15) is 13.2 Å². The molecule has 0 atom stereocenters. The maximum Gasteiger partial charge on any atom is 0.0844 e. The van der Waals surface area contributed by atoms with E-state index < -0.39 is 30.0 Å². The monoisotopic (exact) mass is 683 g/mol. The van der Waals surface area contributed by atoms with E-state index in [0.717, 1.165) is 29.4 Å². The third-order valence-electron chi connectivity index (χ3n) is 7.13. The number of hydrogen-bond acceptors (Lipinski definition) is 7. The van der Waals surface area contributed by atoms with E-state index in [1.165, 1.54) is 12.4 Å². The van der Waals surface area contributed by atoms with E-state index in [1.807, 2.05) is 10.6 Å². The smallest absolute Gasteiger partial charge is 0.0844 e. The number of imidazole rings is 1. The Labute approximate surface area is 243 Å². The zero-order valence-corrected chi connectivity index (χ0v) is 24.8. The van der Waals surface area contributed by atoms with E-state index in [4.69, 9.17) is 15.5 Å². The molecule has 11 nitrogen and oxygen atoms in total. The Bertz CT molecular complexity index is 1880. The van der Waals surface area contributed by atoms with Gasteiger partial charge < -0.3 is 10.5 Å². The third kappa shape index (κ3) is 5.03. The number of rotatable bonds is 5. The minimum Gasteiger partial charge on any atom is 0.0844 e. The predicted molar refractivity (Wildman–Crippen MR) is 165 cm³/mol. The molecule has 3 N–H and O–H groups in total. The van der Waals surface area contributed by atoms with Gasteiger partial charge in [-0.3, -0.25) is 4.72 Å². The van der Waals surface area contributed by atoms with Crippen molar-refractivity contribution in [3.63, 3.8) is 0 Å². The van der Waals surface area contributed by atoms with Gasteiger partial charge in [-0.15, -0.1) is 4.40 Å². The number of ether oxygens (including phenoxy) is 1. The Hall–Kier alpha value is -3.98. The number of carbonyl (C=O) groups excluding carboxylic acids is 1. The second-order valence-electron chi connectivity index (χ2n) is 9.92. The van der Waals surface area contributed by atoms with E-state index in [1.54, 1.807) is 48.0 Å². The molecule has 2 fully saturated rings. The summed E-state index contributed by atoms with van der Waals surface area (Å²) in [5.41, 5.74) is 10.2. The number of piperidine rings is 1. The van der Waals surface area contributed by atoms with Crippen LogP contribution in [0, 0.1) is 3.57 Å². The van der Waals surface area contributed by atoms with E-state index in [-0.39, 0.29) is 11.7 Å². The molecule has 1 amide bonds. The van der Waals surface area contributed by atoms with Crippen molar-refractivity contribution in [2.75, 3.05) is 26.7 Å². The first-order valence-electron chi connectivity index (χ1n) is 13.1. The summed E-state index contributed by atoms with van der Waals surface area (Å²) < 4.78 is 41.7. The number of hydrogen-bond donors (Lipinski definition) is 2. The summed E-state index contributed by atoms with van der Waals surface area (Å²) in [7, 11) is -3.88. The Morgan fingerprint density at radius 1 is 1.12 bits per heavy atom. The molecule has 3 aliphatic rings. The number of nitrogens with one attached hydrogen (secondary N) is 1. The molecule has 7 rings (SSSR count). The van der Waals surface area contributed by atoms with Gasteiger partial charge in [0.1, 0.15) is 5.75 Å². The van der Waals surface area contributed by atoms with Crippen molar-refractivity contribution < 1.29 is 17.9 Å². The summed E-state index contributed by atoms with van der Waals surface area (Å²) in [5.74, 6) is 0.813. The topological polar surface area (TPSA) is 145 Å². The zero-order valence-electron chi connectivity index (χ0n) is 21.8. The van der Waals surface area contributed by atoms with Gasteiger partial charge in [-0.05, 0) is 12.1 Å². The summed E-state index contributed by atoms with van der Waals surface area (Å²) in [5, 5.41) is 0. The van der Waals surface area contributed by atoms with Crippen LogP contribution in [0.3, 0.4) is 0 Å². The van der Waals surface area contributed by atoms with Crippen molar-refractivity contribution in [2.45, 2.75) is 12.8 Å². The van der Waals surface area contributed by atoms with Gasteiger partial charge in [0, 0.05) is 0 Å². The Balaban J connectivity index is 1.10. The van der Waals surface area contributed by atoms with Crippen molar-refractivity contribution >= 4 is 58.5 Å². The fraction of sp³-hybridized carbons (Fsp3) is 0.214. The van der Waals surface area contributed by atoms with Gasteiger partial charge in [-0.2, -0.15) is 8.42 Å². The number of fused-ring (bicyclic) bond motifs is 2. The molecule has 2 saturated heterocycles. The first kappa shape index (κ1) is 26.0. The SMILES string of the molecule is NC1=NS(=O)(=O)Nc2cccc(O/C=C3\CCCN(C(=O)c4ccnc(-n5cnc6c(I7CC7)cccc65)c4)C3)c21. The molecule has 0 radical (unpaired) electrons. The van der Waals surface area contributed by atoms with E-state index >= 15 is 0 Å². The average molecular weight is 684 g/mol. The number of likely N-dealkylation sites (tertiary alicyclic amines) is 1. The fourth-order valence-corrected chi connectivity index (χ4v) is 10.6. The molecule has 0 bridgehead atoms. The largest absolute Gasteiger partial charge is 0.0844 e. The summed E-state index contributed by atoms with van der Waals surface area (Å²) >= 11 is -0.993. The maximum absolute atomic E-state index is 13.6. The molecule has 2 aromatic heterocycles. The van der Waals surface area contributed by atoms with Gasteiger partial charge in [0.2, 0.25) is 0 Å². The van der Waals surface area contributed by atoms with Crippen molar-refractivity contribution in [3.8, 4) is 11.6 Å². The molecule has 41 heavy (non-hydrogen) atoms. The normalized spacial score (nSPS) is 19.4. The second kappa shape index (κ2) is 10.1. The van der Waals surface area contributed by atoms with Crippen LogP contribution in [-0.4, -0.2) is 61.5 Å². The number of nitrogens with two attached hydrogens (primary N) is 1. The average Bonchev–Trinajstić information content (AvgIpc) is 3.72. The third-order valence-corrected chi connectivity index (χ3v) is 12.7. The van der Waals surface area contributed by atoms with Crippen LogP contribution in [0.4, 0.5) is 5.69 Å². The van der Waals surface area contributed by atoms with Crippen molar-refractivity contribution in [1.82, 2.24) is 19.4 Å². The molecule has 0 aliphatic carbocycles. The number of amidine groups is 1. The number of nitrogens with zero attached hydrogens (tertiary/aromatic N) is 5. The maximum atomic E-state index is 13.6. The first-order valence-corrected chi connectivity index (χ1v) is 18.6. The Morgan fingerprint density at radius 2 is 1.98 bits per heavy atom. The number of pyridine rings is 1. The van der Waals surface area contributed by atoms with Crippen LogP contribution in [-0.2, 0) is 10.2 Å². The van der Waals surface area contributed by atoms with Gasteiger partial charge in [0.25, 0.3) is 0 Å². The molecule has 0 spiro atoms. The van der Waals surface area contributed by atoms with Gasteiger partial charge in [-0.25, -0.2) is 0 Å². The summed E-state index contributed by atoms with van der Waals surface area (Å²) in [6, 6.07) is 14.9. The molecule has 4 aromatic rings. The van der Waals surface area contributed by atoms with Crippen LogP contribution >= 0.6 is 19.8 Å². The standard InChI is InChI=1S/C28H26IN7O4S/c30-27-25-21(33-41(38,39)34-27)6-2-8-23(25)40-16-18-4-3-13-35(15-18)28(37)19-9-12-31-24(14-19)36-17-32-26-20(29-10-11-29)5-1-7-22(26)36/h1-2,5-9,12,14,16-17,33H,3-4,10-11,13,15H2,(H2,30,34)/b18-16+. The van der Waals surface area contributed by atoms with Gasteiger partial charge in [-0.1, -0.05) is 6.07 Å². The van der Waals surface area contributed by atoms with Crippen LogP contribution < -0.4 is 15.2 Å².